The summed E-state index contributed by atoms with van der Waals surface area (Å²) in [5, 5.41) is 2.12. The Hall–Kier alpha value is -4.19. The Labute approximate surface area is 179 Å². The maximum absolute atomic E-state index is 4.77. The SMILES string of the molecule is CN1C=CN(C)C1=c1cc2[nH]c1=CC1=NC(=CC3=NC(=CC4=NC(=C2)C=C4)C=C3)C=C1. The van der Waals surface area contributed by atoms with Crippen molar-refractivity contribution in [2.75, 3.05) is 14.1 Å². The highest BCUT2D eigenvalue weighted by molar-refractivity contribution is 6.20. The van der Waals surface area contributed by atoms with Crippen LogP contribution in [0.25, 0.3) is 18.0 Å². The van der Waals surface area contributed by atoms with Crippen molar-refractivity contribution in [3.05, 3.63) is 100 Å². The third kappa shape index (κ3) is 3.18. The normalized spacial score (nSPS) is 20.6. The summed E-state index contributed by atoms with van der Waals surface area (Å²) in [7, 11) is 4.11. The Kier molecular flexibility index (Phi) is 3.80. The molecule has 0 aromatic carbocycles. The number of allylic oxidation sites excluding steroid dienone is 8. The molecule has 31 heavy (non-hydrogen) atoms. The van der Waals surface area contributed by atoms with Crippen molar-refractivity contribution in [2.24, 2.45) is 15.0 Å². The third-order valence-corrected chi connectivity index (χ3v) is 5.53. The first-order chi connectivity index (χ1) is 15.1. The smallest absolute Gasteiger partial charge is 0.121 e. The molecule has 6 heterocycles. The summed E-state index contributed by atoms with van der Waals surface area (Å²) in [6.45, 7) is 0. The molecule has 0 amide bonds. The van der Waals surface area contributed by atoms with Gasteiger partial charge in [0.2, 0.25) is 0 Å². The van der Waals surface area contributed by atoms with Gasteiger partial charge in [-0.3, -0.25) is 0 Å². The molecule has 0 unspecified atom stereocenters. The van der Waals surface area contributed by atoms with Gasteiger partial charge in [0.25, 0.3) is 0 Å². The minimum absolute atomic E-state index is 0.889. The summed E-state index contributed by atoms with van der Waals surface area (Å²) in [4.78, 5) is 22.0. The van der Waals surface area contributed by atoms with E-state index in [4.69, 9.17) is 9.98 Å². The minimum atomic E-state index is 0.889. The average Bonchev–Trinajstić information content (AvgIpc) is 3.54. The number of hydrogen-bond acceptors (Lipinski definition) is 5. The number of nitrogens with zero attached hydrogens (tertiary/aromatic N) is 5. The van der Waals surface area contributed by atoms with E-state index in [1.54, 1.807) is 0 Å². The summed E-state index contributed by atoms with van der Waals surface area (Å²) in [6.07, 6.45) is 24.3. The Morgan fingerprint density at radius 3 is 1.74 bits per heavy atom. The lowest BCUT2D eigenvalue weighted by Crippen LogP contribution is -2.33. The van der Waals surface area contributed by atoms with Crippen LogP contribution in [0.3, 0.4) is 0 Å². The van der Waals surface area contributed by atoms with Gasteiger partial charge >= 0.3 is 0 Å². The van der Waals surface area contributed by atoms with Gasteiger partial charge in [0.15, 0.2) is 0 Å². The van der Waals surface area contributed by atoms with E-state index in [0.29, 0.717) is 0 Å². The van der Waals surface area contributed by atoms with Gasteiger partial charge in [0.05, 0.1) is 39.6 Å². The van der Waals surface area contributed by atoms with Crippen molar-refractivity contribution in [1.82, 2.24) is 14.8 Å². The molecule has 6 nitrogen and oxygen atoms in total. The molecule has 6 rings (SSSR count). The summed E-state index contributed by atoms with van der Waals surface area (Å²) in [6, 6.07) is 2.16. The predicted molar refractivity (Wildman–Crippen MR) is 126 cm³/mol. The van der Waals surface area contributed by atoms with Crippen LogP contribution in [0.5, 0.6) is 0 Å². The second kappa shape index (κ2) is 6.67. The zero-order valence-corrected chi connectivity index (χ0v) is 17.2. The fourth-order valence-corrected chi connectivity index (χ4v) is 4.11. The van der Waals surface area contributed by atoms with E-state index in [0.717, 1.165) is 56.3 Å². The molecule has 8 bridgehead atoms. The molecular weight excluding hydrogens is 384 g/mol. The highest BCUT2D eigenvalue weighted by Crippen LogP contribution is 2.19. The van der Waals surface area contributed by atoms with Gasteiger partial charge in [-0.25, -0.2) is 15.0 Å². The lowest BCUT2D eigenvalue weighted by atomic mass is 10.2. The second-order valence-corrected chi connectivity index (χ2v) is 7.86. The fraction of sp³-hybridized carbons (Fsp3) is 0.0800. The van der Waals surface area contributed by atoms with Crippen molar-refractivity contribution in [2.45, 2.75) is 0 Å². The first-order valence-corrected chi connectivity index (χ1v) is 10.2. The molecule has 0 spiro atoms. The Balaban J connectivity index is 1.60. The lowest BCUT2D eigenvalue weighted by molar-refractivity contribution is 0.546. The third-order valence-electron chi connectivity index (χ3n) is 5.53. The minimum Gasteiger partial charge on any atom is -0.355 e. The monoisotopic (exact) mass is 404 g/mol. The standard InChI is InChI=1S/C25H20N6/c1-30-9-10-31(2)25(30)23-14-22-13-20-6-5-18(27-20)11-16-3-4-17(26-16)12-19-7-8-21(28-19)15-24(23)29-22/h3-15,29H,1-2H3. The van der Waals surface area contributed by atoms with Crippen LogP contribution in [0.15, 0.2) is 99.1 Å². The van der Waals surface area contributed by atoms with Crippen LogP contribution in [-0.4, -0.2) is 46.0 Å². The molecule has 0 atom stereocenters. The number of aliphatic imine (C=N–C) groups is 3. The number of nitrogens with one attached hydrogen (secondary N) is 1. The number of rotatable bonds is 0. The molecule has 0 saturated carbocycles. The van der Waals surface area contributed by atoms with Crippen molar-refractivity contribution in [3.63, 3.8) is 0 Å². The molecule has 0 aliphatic carbocycles. The Bertz CT molecular complexity index is 1430. The van der Waals surface area contributed by atoms with E-state index in [-0.39, 0.29) is 0 Å². The number of fused-ring (bicyclic) bond motifs is 5. The number of H-pyrrole nitrogens is 1. The molecule has 6 heteroatoms. The topological polar surface area (TPSA) is 59.3 Å². The van der Waals surface area contributed by atoms with Crippen LogP contribution in [0.2, 0.25) is 0 Å². The maximum Gasteiger partial charge on any atom is 0.121 e. The van der Waals surface area contributed by atoms with Crippen molar-refractivity contribution < 1.29 is 0 Å². The summed E-state index contributed by atoms with van der Waals surface area (Å²) in [5.74, 6) is 1.11. The zero-order chi connectivity index (χ0) is 20.9. The quantitative estimate of drug-likeness (QED) is 0.722. The molecule has 150 valence electrons. The van der Waals surface area contributed by atoms with Crippen LogP contribution < -0.4 is 10.6 Å². The fourth-order valence-electron chi connectivity index (χ4n) is 4.11. The maximum atomic E-state index is 4.77. The summed E-state index contributed by atoms with van der Waals surface area (Å²) in [5.41, 5.74) is 6.36. The molecular formula is C25H20N6. The molecule has 1 aromatic rings. The van der Waals surface area contributed by atoms with E-state index < -0.39 is 0 Å². The van der Waals surface area contributed by atoms with Gasteiger partial charge < -0.3 is 14.8 Å². The van der Waals surface area contributed by atoms with E-state index in [1.807, 2.05) is 48.6 Å². The van der Waals surface area contributed by atoms with Gasteiger partial charge in [0.1, 0.15) is 5.82 Å². The van der Waals surface area contributed by atoms with E-state index in [9.17, 15) is 0 Å². The zero-order valence-electron chi connectivity index (χ0n) is 17.2. The van der Waals surface area contributed by atoms with Gasteiger partial charge in [-0.15, -0.1) is 0 Å². The van der Waals surface area contributed by atoms with Gasteiger partial charge in [-0.05, 0) is 66.8 Å². The molecule has 0 saturated heterocycles. The molecule has 5 aliphatic heterocycles. The van der Waals surface area contributed by atoms with E-state index >= 15 is 0 Å². The molecule has 1 N–H and O–H groups in total. The highest BCUT2D eigenvalue weighted by Gasteiger charge is 2.16. The van der Waals surface area contributed by atoms with Crippen LogP contribution in [0.4, 0.5) is 0 Å². The van der Waals surface area contributed by atoms with Crippen LogP contribution >= 0.6 is 0 Å². The van der Waals surface area contributed by atoms with Gasteiger partial charge in [0, 0.05) is 37.4 Å². The van der Waals surface area contributed by atoms with Crippen LogP contribution in [0, 0.1) is 0 Å². The molecule has 5 aliphatic rings. The van der Waals surface area contributed by atoms with Crippen molar-refractivity contribution >= 4 is 35.1 Å². The van der Waals surface area contributed by atoms with Gasteiger partial charge in [-0.2, -0.15) is 0 Å². The highest BCUT2D eigenvalue weighted by atomic mass is 15.3. The summed E-state index contributed by atoms with van der Waals surface area (Å²) < 4.78 is 0. The number of aromatic amines is 1. The Morgan fingerprint density at radius 1 is 0.645 bits per heavy atom. The lowest BCUT2D eigenvalue weighted by Gasteiger charge is -2.17. The first kappa shape index (κ1) is 17.7. The molecule has 0 radical (unpaired) electrons. The largest absolute Gasteiger partial charge is 0.355 e. The second-order valence-electron chi connectivity index (χ2n) is 7.86. The number of aromatic nitrogens is 1. The van der Waals surface area contributed by atoms with E-state index in [1.165, 1.54) is 0 Å². The van der Waals surface area contributed by atoms with Gasteiger partial charge in [-0.1, -0.05) is 0 Å². The van der Waals surface area contributed by atoms with Crippen LogP contribution in [-0.2, 0) is 0 Å². The predicted octanol–water partition coefficient (Wildman–Crippen LogP) is 2.36. The number of hydrogen-bond donors (Lipinski definition) is 1. The molecule has 0 fully saturated rings. The summed E-state index contributed by atoms with van der Waals surface area (Å²) >= 11 is 0. The van der Waals surface area contributed by atoms with Crippen molar-refractivity contribution in [3.8, 4) is 0 Å². The molecule has 1 aromatic heterocycles. The van der Waals surface area contributed by atoms with E-state index in [2.05, 4.69) is 64.5 Å². The first-order valence-electron chi connectivity index (χ1n) is 10.2. The van der Waals surface area contributed by atoms with Crippen molar-refractivity contribution in [1.29, 1.82) is 0 Å². The average molecular weight is 404 g/mol. The Morgan fingerprint density at radius 2 is 1.16 bits per heavy atom. The van der Waals surface area contributed by atoms with Crippen LogP contribution in [0.1, 0.15) is 5.69 Å².